The van der Waals surface area contributed by atoms with E-state index in [1.54, 1.807) is 0 Å². The highest BCUT2D eigenvalue weighted by Crippen LogP contribution is 2.19. The SMILES string of the molecule is Nc1ccc(NC2CCN(Cc3ccccc3)CC2)cc1. The summed E-state index contributed by atoms with van der Waals surface area (Å²) in [6.07, 6.45) is 2.38. The third kappa shape index (κ3) is 3.99. The monoisotopic (exact) mass is 281 g/mol. The van der Waals surface area contributed by atoms with Crippen molar-refractivity contribution in [3.8, 4) is 0 Å². The minimum Gasteiger partial charge on any atom is -0.399 e. The van der Waals surface area contributed by atoms with Crippen LogP contribution in [-0.2, 0) is 6.54 Å². The highest BCUT2D eigenvalue weighted by atomic mass is 15.1. The molecule has 3 rings (SSSR count). The molecule has 2 aromatic rings. The molecule has 0 bridgehead atoms. The van der Waals surface area contributed by atoms with E-state index in [-0.39, 0.29) is 0 Å². The molecule has 0 unspecified atom stereocenters. The Morgan fingerprint density at radius 2 is 1.62 bits per heavy atom. The molecular formula is C18H23N3. The van der Waals surface area contributed by atoms with Gasteiger partial charge in [-0.05, 0) is 42.7 Å². The van der Waals surface area contributed by atoms with E-state index in [0.29, 0.717) is 6.04 Å². The Bertz CT molecular complexity index is 542. The van der Waals surface area contributed by atoms with Crippen molar-refractivity contribution in [1.29, 1.82) is 0 Å². The summed E-state index contributed by atoms with van der Waals surface area (Å²) < 4.78 is 0. The van der Waals surface area contributed by atoms with Gasteiger partial charge in [0.15, 0.2) is 0 Å². The lowest BCUT2D eigenvalue weighted by Crippen LogP contribution is -2.38. The van der Waals surface area contributed by atoms with Crippen molar-refractivity contribution in [3.63, 3.8) is 0 Å². The fraction of sp³-hybridized carbons (Fsp3) is 0.333. The maximum atomic E-state index is 5.72. The van der Waals surface area contributed by atoms with E-state index in [1.807, 2.05) is 12.1 Å². The summed E-state index contributed by atoms with van der Waals surface area (Å²) in [5.41, 5.74) is 9.11. The Kier molecular flexibility index (Phi) is 4.41. The quantitative estimate of drug-likeness (QED) is 0.845. The molecule has 21 heavy (non-hydrogen) atoms. The number of nitrogens with one attached hydrogen (secondary N) is 1. The predicted molar refractivity (Wildman–Crippen MR) is 89.2 cm³/mol. The standard InChI is InChI=1S/C18H23N3/c19-16-6-8-17(9-7-16)20-18-10-12-21(13-11-18)14-15-4-2-1-3-5-15/h1-9,18,20H,10-14,19H2. The molecule has 0 saturated carbocycles. The summed E-state index contributed by atoms with van der Waals surface area (Å²) in [7, 11) is 0. The van der Waals surface area contributed by atoms with Crippen LogP contribution in [0, 0.1) is 0 Å². The lowest BCUT2D eigenvalue weighted by atomic mass is 10.0. The molecule has 0 spiro atoms. The van der Waals surface area contributed by atoms with Gasteiger partial charge >= 0.3 is 0 Å². The molecule has 0 atom stereocenters. The Labute approximate surface area is 126 Å². The number of likely N-dealkylation sites (tertiary alicyclic amines) is 1. The average molecular weight is 281 g/mol. The number of hydrogen-bond acceptors (Lipinski definition) is 3. The second-order valence-corrected chi connectivity index (χ2v) is 5.80. The van der Waals surface area contributed by atoms with Crippen molar-refractivity contribution in [2.24, 2.45) is 0 Å². The molecule has 1 saturated heterocycles. The van der Waals surface area contributed by atoms with E-state index in [4.69, 9.17) is 5.73 Å². The summed E-state index contributed by atoms with van der Waals surface area (Å²) in [4.78, 5) is 2.54. The van der Waals surface area contributed by atoms with Gasteiger partial charge < -0.3 is 11.1 Å². The molecule has 0 radical (unpaired) electrons. The zero-order chi connectivity index (χ0) is 14.5. The van der Waals surface area contributed by atoms with E-state index in [2.05, 4.69) is 52.7 Å². The first-order valence-electron chi connectivity index (χ1n) is 7.68. The van der Waals surface area contributed by atoms with Crippen LogP contribution in [0.4, 0.5) is 11.4 Å². The molecule has 0 amide bonds. The van der Waals surface area contributed by atoms with Gasteiger partial charge in [-0.25, -0.2) is 0 Å². The van der Waals surface area contributed by atoms with Gasteiger partial charge in [0.2, 0.25) is 0 Å². The van der Waals surface area contributed by atoms with E-state index in [1.165, 1.54) is 24.1 Å². The first-order valence-corrected chi connectivity index (χ1v) is 7.68. The van der Waals surface area contributed by atoms with Gasteiger partial charge in [-0.2, -0.15) is 0 Å². The number of hydrogen-bond donors (Lipinski definition) is 2. The predicted octanol–water partition coefficient (Wildman–Crippen LogP) is 3.35. The fourth-order valence-electron chi connectivity index (χ4n) is 2.89. The molecule has 3 N–H and O–H groups in total. The Morgan fingerprint density at radius 1 is 0.952 bits per heavy atom. The highest BCUT2D eigenvalue weighted by molar-refractivity contribution is 5.51. The van der Waals surface area contributed by atoms with Gasteiger partial charge in [0.25, 0.3) is 0 Å². The molecule has 1 aliphatic rings. The van der Waals surface area contributed by atoms with Crippen LogP contribution in [0.25, 0.3) is 0 Å². The minimum absolute atomic E-state index is 0.570. The van der Waals surface area contributed by atoms with Crippen LogP contribution >= 0.6 is 0 Å². The summed E-state index contributed by atoms with van der Waals surface area (Å²) in [5.74, 6) is 0. The minimum atomic E-state index is 0.570. The van der Waals surface area contributed by atoms with Gasteiger partial charge in [-0.1, -0.05) is 30.3 Å². The van der Waals surface area contributed by atoms with Crippen LogP contribution in [0.1, 0.15) is 18.4 Å². The summed E-state index contributed by atoms with van der Waals surface area (Å²) in [5, 5.41) is 3.61. The molecule has 2 aromatic carbocycles. The van der Waals surface area contributed by atoms with Crippen molar-refractivity contribution < 1.29 is 0 Å². The molecule has 3 nitrogen and oxygen atoms in total. The molecule has 0 aromatic heterocycles. The Hall–Kier alpha value is -2.00. The summed E-state index contributed by atoms with van der Waals surface area (Å²) in [6.45, 7) is 3.37. The molecule has 1 fully saturated rings. The highest BCUT2D eigenvalue weighted by Gasteiger charge is 2.18. The number of benzene rings is 2. The lowest BCUT2D eigenvalue weighted by molar-refractivity contribution is 0.211. The number of nitrogens with zero attached hydrogens (tertiary/aromatic N) is 1. The number of anilines is 2. The maximum Gasteiger partial charge on any atom is 0.0343 e. The summed E-state index contributed by atoms with van der Waals surface area (Å²) >= 11 is 0. The second kappa shape index (κ2) is 6.64. The van der Waals surface area contributed by atoms with Crippen molar-refractivity contribution >= 4 is 11.4 Å². The van der Waals surface area contributed by atoms with Crippen LogP contribution in [0.2, 0.25) is 0 Å². The second-order valence-electron chi connectivity index (χ2n) is 5.80. The van der Waals surface area contributed by atoms with Gasteiger partial charge in [0.1, 0.15) is 0 Å². The average Bonchev–Trinajstić information content (AvgIpc) is 2.53. The molecule has 110 valence electrons. The smallest absolute Gasteiger partial charge is 0.0343 e. The molecule has 1 aliphatic heterocycles. The van der Waals surface area contributed by atoms with Crippen molar-refractivity contribution in [3.05, 3.63) is 60.2 Å². The fourth-order valence-corrected chi connectivity index (χ4v) is 2.89. The number of nitrogens with two attached hydrogens (primary N) is 1. The van der Waals surface area contributed by atoms with Crippen molar-refractivity contribution in [1.82, 2.24) is 4.90 Å². The Morgan fingerprint density at radius 3 is 2.29 bits per heavy atom. The molecular weight excluding hydrogens is 258 g/mol. The van der Waals surface area contributed by atoms with Gasteiger partial charge in [0, 0.05) is 37.1 Å². The van der Waals surface area contributed by atoms with E-state index in [9.17, 15) is 0 Å². The third-order valence-electron chi connectivity index (χ3n) is 4.12. The molecule has 1 heterocycles. The Balaban J connectivity index is 1.47. The maximum absolute atomic E-state index is 5.72. The van der Waals surface area contributed by atoms with Crippen LogP contribution in [0.3, 0.4) is 0 Å². The number of nitrogen functional groups attached to an aromatic ring is 1. The van der Waals surface area contributed by atoms with Gasteiger partial charge in [-0.15, -0.1) is 0 Å². The first kappa shape index (κ1) is 14.0. The number of piperidine rings is 1. The molecule has 3 heteroatoms. The zero-order valence-electron chi connectivity index (χ0n) is 12.3. The number of rotatable bonds is 4. The van der Waals surface area contributed by atoms with E-state index >= 15 is 0 Å². The third-order valence-corrected chi connectivity index (χ3v) is 4.12. The first-order chi connectivity index (χ1) is 10.3. The van der Waals surface area contributed by atoms with Crippen molar-refractivity contribution in [2.45, 2.75) is 25.4 Å². The van der Waals surface area contributed by atoms with Gasteiger partial charge in [0.05, 0.1) is 0 Å². The van der Waals surface area contributed by atoms with Crippen LogP contribution in [0.15, 0.2) is 54.6 Å². The van der Waals surface area contributed by atoms with Crippen LogP contribution < -0.4 is 11.1 Å². The van der Waals surface area contributed by atoms with Crippen molar-refractivity contribution in [2.75, 3.05) is 24.1 Å². The summed E-state index contributed by atoms with van der Waals surface area (Å²) in [6, 6.07) is 19.3. The van der Waals surface area contributed by atoms with E-state index in [0.717, 1.165) is 25.3 Å². The van der Waals surface area contributed by atoms with Crippen LogP contribution in [-0.4, -0.2) is 24.0 Å². The van der Waals surface area contributed by atoms with Crippen LogP contribution in [0.5, 0.6) is 0 Å². The normalized spacial score (nSPS) is 16.8. The molecule has 0 aliphatic carbocycles. The lowest BCUT2D eigenvalue weighted by Gasteiger charge is -2.32. The zero-order valence-corrected chi connectivity index (χ0v) is 12.3. The topological polar surface area (TPSA) is 41.3 Å². The van der Waals surface area contributed by atoms with Gasteiger partial charge in [-0.3, -0.25) is 4.90 Å². The van der Waals surface area contributed by atoms with E-state index < -0.39 is 0 Å². The largest absolute Gasteiger partial charge is 0.399 e.